The highest BCUT2D eigenvalue weighted by atomic mass is 15.0. The normalized spacial score (nSPS) is 12.8. The van der Waals surface area contributed by atoms with Gasteiger partial charge in [0.1, 0.15) is 5.82 Å². The fourth-order valence-corrected chi connectivity index (χ4v) is 2.52. The minimum Gasteiger partial charge on any atom is -0.338 e. The molecule has 114 valence electrons. The summed E-state index contributed by atoms with van der Waals surface area (Å²) >= 11 is 0. The number of hydrogen-bond donors (Lipinski definition) is 1. The zero-order valence-corrected chi connectivity index (χ0v) is 13.6. The zero-order valence-electron chi connectivity index (χ0n) is 13.6. The molecule has 0 aliphatic carbocycles. The lowest BCUT2D eigenvalue weighted by Crippen LogP contribution is -2.25. The average Bonchev–Trinajstić information content (AvgIpc) is 2.88. The van der Waals surface area contributed by atoms with E-state index >= 15 is 0 Å². The fourth-order valence-electron chi connectivity index (χ4n) is 2.52. The molecule has 2 rings (SSSR count). The van der Waals surface area contributed by atoms with Gasteiger partial charge in [-0.25, -0.2) is 4.98 Å². The van der Waals surface area contributed by atoms with E-state index in [1.165, 1.54) is 11.1 Å². The van der Waals surface area contributed by atoms with Crippen LogP contribution in [-0.2, 0) is 13.5 Å². The van der Waals surface area contributed by atoms with Crippen LogP contribution in [0.1, 0.15) is 56.1 Å². The van der Waals surface area contributed by atoms with Gasteiger partial charge in [0.15, 0.2) is 0 Å². The van der Waals surface area contributed by atoms with Gasteiger partial charge in [-0.05, 0) is 30.0 Å². The second kappa shape index (κ2) is 7.41. The predicted molar refractivity (Wildman–Crippen MR) is 88.5 cm³/mol. The molecule has 0 aliphatic heterocycles. The number of benzene rings is 1. The Morgan fingerprint density at radius 2 is 1.81 bits per heavy atom. The number of imidazole rings is 1. The molecule has 1 unspecified atom stereocenters. The standard InChI is InChI=1S/C18H27N3/c1-5-10-19-17(13-18-20-11-12-21(18)4)16-8-6-15(7-9-16)14(2)3/h6-9,11-12,14,17,19H,5,10,13H2,1-4H3. The summed E-state index contributed by atoms with van der Waals surface area (Å²) in [7, 11) is 2.06. The molecule has 1 N–H and O–H groups in total. The van der Waals surface area contributed by atoms with E-state index in [1.54, 1.807) is 0 Å². The Hall–Kier alpha value is -1.61. The van der Waals surface area contributed by atoms with E-state index in [0.717, 1.165) is 25.2 Å². The van der Waals surface area contributed by atoms with Gasteiger partial charge < -0.3 is 9.88 Å². The summed E-state index contributed by atoms with van der Waals surface area (Å²) in [5, 5.41) is 3.65. The first-order chi connectivity index (χ1) is 10.1. The van der Waals surface area contributed by atoms with Crippen molar-refractivity contribution in [3.8, 4) is 0 Å². The number of aromatic nitrogens is 2. The van der Waals surface area contributed by atoms with Gasteiger partial charge in [-0.3, -0.25) is 0 Å². The average molecular weight is 285 g/mol. The first-order valence-electron chi connectivity index (χ1n) is 7.91. The molecule has 21 heavy (non-hydrogen) atoms. The molecule has 0 radical (unpaired) electrons. The molecule has 1 aromatic heterocycles. The van der Waals surface area contributed by atoms with Crippen molar-refractivity contribution >= 4 is 0 Å². The molecule has 0 saturated heterocycles. The monoisotopic (exact) mass is 285 g/mol. The summed E-state index contributed by atoms with van der Waals surface area (Å²) in [6.45, 7) is 7.69. The highest BCUT2D eigenvalue weighted by molar-refractivity contribution is 5.27. The van der Waals surface area contributed by atoms with E-state index in [-0.39, 0.29) is 0 Å². The highest BCUT2D eigenvalue weighted by Crippen LogP contribution is 2.21. The lowest BCUT2D eigenvalue weighted by molar-refractivity contribution is 0.512. The molecule has 1 aromatic carbocycles. The second-order valence-electron chi connectivity index (χ2n) is 5.99. The summed E-state index contributed by atoms with van der Waals surface area (Å²) in [5.41, 5.74) is 2.74. The Morgan fingerprint density at radius 3 is 2.33 bits per heavy atom. The Labute approximate surface area is 128 Å². The number of aryl methyl sites for hydroxylation is 1. The third-order valence-electron chi connectivity index (χ3n) is 3.95. The maximum atomic E-state index is 4.46. The van der Waals surface area contributed by atoms with Crippen LogP contribution in [0.4, 0.5) is 0 Å². The Bertz CT molecular complexity index is 540. The van der Waals surface area contributed by atoms with Crippen LogP contribution >= 0.6 is 0 Å². The van der Waals surface area contributed by atoms with Crippen LogP contribution in [0.15, 0.2) is 36.7 Å². The molecule has 0 fully saturated rings. The lowest BCUT2D eigenvalue weighted by Gasteiger charge is -2.19. The van der Waals surface area contributed by atoms with Crippen molar-refractivity contribution in [2.75, 3.05) is 6.54 Å². The van der Waals surface area contributed by atoms with Crippen LogP contribution in [0, 0.1) is 0 Å². The lowest BCUT2D eigenvalue weighted by atomic mass is 9.97. The molecular formula is C18H27N3. The van der Waals surface area contributed by atoms with E-state index < -0.39 is 0 Å². The molecule has 1 heterocycles. The number of rotatable bonds is 7. The molecule has 0 spiro atoms. The van der Waals surface area contributed by atoms with Crippen molar-refractivity contribution < 1.29 is 0 Å². The van der Waals surface area contributed by atoms with Crippen LogP contribution in [0.25, 0.3) is 0 Å². The Morgan fingerprint density at radius 1 is 1.14 bits per heavy atom. The first-order valence-corrected chi connectivity index (χ1v) is 7.91. The quantitative estimate of drug-likeness (QED) is 0.838. The van der Waals surface area contributed by atoms with Crippen molar-refractivity contribution in [3.05, 3.63) is 53.6 Å². The smallest absolute Gasteiger partial charge is 0.110 e. The summed E-state index contributed by atoms with van der Waals surface area (Å²) in [5.74, 6) is 1.70. The highest BCUT2D eigenvalue weighted by Gasteiger charge is 2.14. The third-order valence-corrected chi connectivity index (χ3v) is 3.95. The fraction of sp³-hybridized carbons (Fsp3) is 0.500. The third kappa shape index (κ3) is 4.18. The van der Waals surface area contributed by atoms with Crippen LogP contribution in [0.2, 0.25) is 0 Å². The minimum absolute atomic E-state index is 0.326. The maximum Gasteiger partial charge on any atom is 0.110 e. The zero-order chi connectivity index (χ0) is 15.2. The Kier molecular flexibility index (Phi) is 5.57. The van der Waals surface area contributed by atoms with Crippen LogP contribution < -0.4 is 5.32 Å². The topological polar surface area (TPSA) is 29.9 Å². The molecular weight excluding hydrogens is 258 g/mol. The van der Waals surface area contributed by atoms with Gasteiger partial charge in [0.2, 0.25) is 0 Å². The van der Waals surface area contributed by atoms with E-state index in [0.29, 0.717) is 12.0 Å². The van der Waals surface area contributed by atoms with Gasteiger partial charge in [-0.2, -0.15) is 0 Å². The second-order valence-corrected chi connectivity index (χ2v) is 5.99. The SMILES string of the molecule is CCCNC(Cc1nccn1C)c1ccc(C(C)C)cc1. The van der Waals surface area contributed by atoms with Gasteiger partial charge in [0.05, 0.1) is 0 Å². The van der Waals surface area contributed by atoms with Crippen LogP contribution in [-0.4, -0.2) is 16.1 Å². The minimum atomic E-state index is 0.326. The summed E-state index contributed by atoms with van der Waals surface area (Å²) in [6, 6.07) is 9.34. The number of nitrogens with one attached hydrogen (secondary N) is 1. The van der Waals surface area contributed by atoms with Gasteiger partial charge in [0.25, 0.3) is 0 Å². The predicted octanol–water partition coefficient (Wildman–Crippen LogP) is 3.83. The molecule has 3 nitrogen and oxygen atoms in total. The summed E-state index contributed by atoms with van der Waals surface area (Å²) in [6.07, 6.45) is 5.94. The van der Waals surface area contributed by atoms with Crippen LogP contribution in [0.3, 0.4) is 0 Å². The summed E-state index contributed by atoms with van der Waals surface area (Å²) in [4.78, 5) is 4.46. The van der Waals surface area contributed by atoms with Gasteiger partial charge >= 0.3 is 0 Å². The van der Waals surface area contributed by atoms with E-state index in [4.69, 9.17) is 0 Å². The van der Waals surface area contributed by atoms with Crippen molar-refractivity contribution in [3.63, 3.8) is 0 Å². The Balaban J connectivity index is 2.16. The molecule has 2 aromatic rings. The van der Waals surface area contributed by atoms with Crippen molar-refractivity contribution in [2.45, 2.75) is 45.6 Å². The molecule has 0 saturated carbocycles. The van der Waals surface area contributed by atoms with Crippen LogP contribution in [0.5, 0.6) is 0 Å². The first kappa shape index (κ1) is 15.8. The number of nitrogens with zero attached hydrogens (tertiary/aromatic N) is 2. The van der Waals surface area contributed by atoms with Crippen molar-refractivity contribution in [1.29, 1.82) is 0 Å². The molecule has 3 heteroatoms. The summed E-state index contributed by atoms with van der Waals surface area (Å²) < 4.78 is 2.10. The molecule has 0 amide bonds. The van der Waals surface area contributed by atoms with Crippen molar-refractivity contribution in [1.82, 2.24) is 14.9 Å². The number of hydrogen-bond acceptors (Lipinski definition) is 2. The molecule has 0 aliphatic rings. The van der Waals surface area contributed by atoms with E-state index in [1.807, 2.05) is 12.4 Å². The van der Waals surface area contributed by atoms with Gasteiger partial charge in [0, 0.05) is 31.9 Å². The molecule has 0 bridgehead atoms. The van der Waals surface area contributed by atoms with E-state index in [2.05, 4.69) is 67.0 Å². The largest absolute Gasteiger partial charge is 0.338 e. The van der Waals surface area contributed by atoms with Crippen molar-refractivity contribution in [2.24, 2.45) is 7.05 Å². The van der Waals surface area contributed by atoms with E-state index in [9.17, 15) is 0 Å². The van der Waals surface area contributed by atoms with Gasteiger partial charge in [-0.15, -0.1) is 0 Å². The maximum absolute atomic E-state index is 4.46. The van der Waals surface area contributed by atoms with Gasteiger partial charge in [-0.1, -0.05) is 45.0 Å². The molecule has 1 atom stereocenters.